The Morgan fingerprint density at radius 2 is 1.61 bits per heavy atom. The van der Waals surface area contributed by atoms with Crippen LogP contribution in [0.5, 0.6) is 0 Å². The summed E-state index contributed by atoms with van der Waals surface area (Å²) in [7, 11) is -4.04. The highest BCUT2D eigenvalue weighted by atomic mass is 31.2. The minimum Gasteiger partial charge on any atom is -0.481 e. The van der Waals surface area contributed by atoms with E-state index in [1.54, 1.807) is 30.3 Å². The van der Waals surface area contributed by atoms with E-state index in [4.69, 9.17) is 5.11 Å². The molecule has 0 saturated heterocycles. The molecule has 0 aliphatic carbocycles. The Morgan fingerprint density at radius 1 is 1.00 bits per heavy atom. The Bertz CT molecular complexity index is 854. The van der Waals surface area contributed by atoms with Crippen molar-refractivity contribution in [2.24, 2.45) is 10.9 Å². The maximum absolute atomic E-state index is 13.1. The zero-order chi connectivity index (χ0) is 20.7. The third-order valence-electron chi connectivity index (χ3n) is 3.96. The van der Waals surface area contributed by atoms with E-state index in [1.807, 2.05) is 0 Å². The summed E-state index contributed by atoms with van der Waals surface area (Å²) in [5.74, 6) is -4.23. The summed E-state index contributed by atoms with van der Waals surface area (Å²) in [6.07, 6.45) is -1.20. The summed E-state index contributed by atoms with van der Waals surface area (Å²) in [5.41, 5.74) is 0.541. The standard InChI is InChI=1S/C19H19FNO6P/c20-15-7-9-16(10-8-15)21-18(13-4-2-1-3-5-13)28(26,27)12-14(19(24)25)6-11-17(22)23/h1-5,7-10,14,26-27H,6,11-12H2,(H-,22,23,24,25)/p+1. The Labute approximate surface area is 161 Å². The quantitative estimate of drug-likeness (QED) is 0.372. The van der Waals surface area contributed by atoms with Gasteiger partial charge in [0.1, 0.15) is 12.0 Å². The summed E-state index contributed by atoms with van der Waals surface area (Å²) in [4.78, 5) is 48.0. The van der Waals surface area contributed by atoms with E-state index in [0.29, 0.717) is 5.56 Å². The SMILES string of the molecule is O=C(O)CCC(C[P+](O)(O)C(=Nc1ccc(F)cc1)c1ccccc1)C(=O)O. The number of aliphatic carboxylic acids is 2. The fourth-order valence-electron chi connectivity index (χ4n) is 2.56. The maximum atomic E-state index is 13.1. The monoisotopic (exact) mass is 408 g/mol. The van der Waals surface area contributed by atoms with Gasteiger partial charge in [-0.15, -0.1) is 0 Å². The van der Waals surface area contributed by atoms with Crippen LogP contribution in [0.3, 0.4) is 0 Å². The minimum absolute atomic E-state index is 0.110. The largest absolute Gasteiger partial charge is 0.481 e. The number of hydrogen-bond acceptors (Lipinski definition) is 5. The lowest BCUT2D eigenvalue weighted by molar-refractivity contribution is -0.142. The number of nitrogens with zero attached hydrogens (tertiary/aromatic N) is 1. The molecular formula is C19H20FNO6P+. The molecule has 0 amide bonds. The molecule has 0 fully saturated rings. The van der Waals surface area contributed by atoms with Crippen LogP contribution in [0.25, 0.3) is 0 Å². The molecule has 0 radical (unpaired) electrons. The molecule has 0 spiro atoms. The first kappa shape index (κ1) is 21.6. The number of carboxylic acid groups (broad SMARTS) is 2. The van der Waals surface area contributed by atoms with Gasteiger partial charge in [0.25, 0.3) is 0 Å². The van der Waals surface area contributed by atoms with Crippen molar-refractivity contribution in [2.75, 3.05) is 6.16 Å². The number of aliphatic imine (C=N–C) groups is 1. The number of hydrogen-bond donors (Lipinski definition) is 4. The van der Waals surface area contributed by atoms with E-state index in [0.717, 1.165) is 0 Å². The Kier molecular flexibility index (Phi) is 7.34. The molecule has 0 bridgehead atoms. The Morgan fingerprint density at radius 3 is 2.14 bits per heavy atom. The lowest BCUT2D eigenvalue weighted by Crippen LogP contribution is -2.24. The zero-order valence-electron chi connectivity index (χ0n) is 14.8. The summed E-state index contributed by atoms with van der Waals surface area (Å²) < 4.78 is 13.1. The molecule has 1 unspecified atom stereocenters. The van der Waals surface area contributed by atoms with Crippen molar-refractivity contribution in [3.05, 3.63) is 66.0 Å². The lowest BCUT2D eigenvalue weighted by atomic mass is 10.1. The van der Waals surface area contributed by atoms with Gasteiger partial charge in [0.2, 0.25) is 5.45 Å². The van der Waals surface area contributed by atoms with Gasteiger partial charge in [0.05, 0.1) is 11.6 Å². The predicted octanol–water partition coefficient (Wildman–Crippen LogP) is 3.30. The molecule has 148 valence electrons. The van der Waals surface area contributed by atoms with Crippen molar-refractivity contribution >= 4 is 30.8 Å². The van der Waals surface area contributed by atoms with Gasteiger partial charge in [-0.2, -0.15) is 0 Å². The molecule has 1 atom stereocenters. The molecule has 0 saturated carbocycles. The summed E-state index contributed by atoms with van der Waals surface area (Å²) >= 11 is 0. The normalized spacial score (nSPS) is 13.2. The molecule has 2 aromatic carbocycles. The van der Waals surface area contributed by atoms with E-state index in [2.05, 4.69) is 4.99 Å². The van der Waals surface area contributed by atoms with Crippen LogP contribution >= 0.6 is 7.72 Å². The van der Waals surface area contributed by atoms with Gasteiger partial charge in [0, 0.05) is 12.0 Å². The average molecular weight is 408 g/mol. The van der Waals surface area contributed by atoms with Crippen LogP contribution in [0.2, 0.25) is 0 Å². The predicted molar refractivity (Wildman–Crippen MR) is 103 cm³/mol. The number of carbonyl (C=O) groups is 2. The third-order valence-corrected chi connectivity index (χ3v) is 5.95. The fourth-order valence-corrected chi connectivity index (χ4v) is 4.53. The fraction of sp³-hybridized carbons (Fsp3) is 0.211. The molecular weight excluding hydrogens is 388 g/mol. The minimum atomic E-state index is -4.04. The van der Waals surface area contributed by atoms with Gasteiger partial charge >= 0.3 is 19.7 Å². The van der Waals surface area contributed by atoms with Crippen LogP contribution in [0, 0.1) is 11.7 Å². The second-order valence-electron chi connectivity index (χ2n) is 6.16. The second kappa shape index (κ2) is 9.50. The molecule has 2 aromatic rings. The van der Waals surface area contributed by atoms with Crippen LogP contribution in [-0.4, -0.2) is 43.6 Å². The van der Waals surface area contributed by atoms with Crippen molar-refractivity contribution in [3.63, 3.8) is 0 Å². The van der Waals surface area contributed by atoms with Gasteiger partial charge < -0.3 is 10.2 Å². The van der Waals surface area contributed by atoms with E-state index in [9.17, 15) is 28.9 Å². The van der Waals surface area contributed by atoms with Crippen LogP contribution in [0.4, 0.5) is 10.1 Å². The number of benzene rings is 2. The van der Waals surface area contributed by atoms with Gasteiger partial charge in [-0.25, -0.2) is 19.2 Å². The number of halogens is 1. The van der Waals surface area contributed by atoms with E-state index >= 15 is 0 Å². The molecule has 9 heteroatoms. The second-order valence-corrected chi connectivity index (χ2v) is 8.41. The van der Waals surface area contributed by atoms with Crippen LogP contribution in [0.15, 0.2) is 59.6 Å². The first-order valence-corrected chi connectivity index (χ1v) is 10.3. The maximum Gasteiger partial charge on any atom is 0.320 e. The highest BCUT2D eigenvalue weighted by molar-refractivity contribution is 7.82. The summed E-state index contributed by atoms with van der Waals surface area (Å²) in [5, 5.41) is 18.1. The highest BCUT2D eigenvalue weighted by Crippen LogP contribution is 2.56. The van der Waals surface area contributed by atoms with Crippen molar-refractivity contribution < 1.29 is 34.0 Å². The van der Waals surface area contributed by atoms with Gasteiger partial charge in [-0.3, -0.25) is 9.59 Å². The highest BCUT2D eigenvalue weighted by Gasteiger charge is 2.46. The molecule has 28 heavy (non-hydrogen) atoms. The van der Waals surface area contributed by atoms with Crippen molar-refractivity contribution in [1.29, 1.82) is 0 Å². The lowest BCUT2D eigenvalue weighted by Gasteiger charge is -2.18. The summed E-state index contributed by atoms with van der Waals surface area (Å²) in [6, 6.07) is 13.3. The number of carboxylic acids is 2. The number of rotatable bonds is 9. The average Bonchev–Trinajstić information content (AvgIpc) is 2.64. The van der Waals surface area contributed by atoms with E-state index in [-0.39, 0.29) is 17.6 Å². The third kappa shape index (κ3) is 6.20. The van der Waals surface area contributed by atoms with Crippen LogP contribution in [-0.2, 0) is 9.59 Å². The van der Waals surface area contributed by atoms with Gasteiger partial charge in [0.15, 0.2) is 0 Å². The first-order valence-electron chi connectivity index (χ1n) is 8.37. The molecule has 0 aliphatic heterocycles. The first-order chi connectivity index (χ1) is 13.2. The smallest absolute Gasteiger partial charge is 0.320 e. The molecule has 7 nitrogen and oxygen atoms in total. The van der Waals surface area contributed by atoms with Crippen molar-refractivity contribution in [2.45, 2.75) is 12.8 Å². The van der Waals surface area contributed by atoms with Crippen molar-refractivity contribution in [3.8, 4) is 0 Å². The molecule has 0 heterocycles. The molecule has 0 aromatic heterocycles. The van der Waals surface area contributed by atoms with Crippen LogP contribution in [0.1, 0.15) is 18.4 Å². The molecule has 2 rings (SSSR count). The Hall–Kier alpha value is -2.67. The Balaban J connectivity index is 2.41. The van der Waals surface area contributed by atoms with Gasteiger partial charge in [-0.05, 0) is 42.8 Å². The van der Waals surface area contributed by atoms with Crippen molar-refractivity contribution in [1.82, 2.24) is 0 Å². The zero-order valence-corrected chi connectivity index (χ0v) is 15.7. The molecule has 0 aliphatic rings. The van der Waals surface area contributed by atoms with E-state index < -0.39 is 44.0 Å². The summed E-state index contributed by atoms with van der Waals surface area (Å²) in [6.45, 7) is 0. The molecule has 4 N–H and O–H groups in total. The van der Waals surface area contributed by atoms with E-state index in [1.165, 1.54) is 24.3 Å². The van der Waals surface area contributed by atoms with Crippen LogP contribution < -0.4 is 0 Å². The topological polar surface area (TPSA) is 127 Å². The van der Waals surface area contributed by atoms with Gasteiger partial charge in [-0.1, -0.05) is 18.2 Å².